The van der Waals surface area contributed by atoms with Crippen LogP contribution in [0.5, 0.6) is 0 Å². The number of benzene rings is 3. The molecule has 5 aromatic rings. The van der Waals surface area contributed by atoms with Gasteiger partial charge in [0.05, 0.1) is 0 Å². The number of nitrogens with zero attached hydrogens (tertiary/aromatic N) is 3. The Morgan fingerprint density at radius 1 is 0.829 bits per heavy atom. The molecule has 0 saturated carbocycles. The first kappa shape index (κ1) is 21.6. The van der Waals surface area contributed by atoms with E-state index < -0.39 is 0 Å². The molecule has 1 aliphatic heterocycles. The van der Waals surface area contributed by atoms with Gasteiger partial charge in [-0.25, -0.2) is 9.37 Å². The van der Waals surface area contributed by atoms with Crippen LogP contribution in [-0.4, -0.2) is 48.1 Å². The summed E-state index contributed by atoms with van der Waals surface area (Å²) in [5, 5.41) is 2.24. The van der Waals surface area contributed by atoms with E-state index in [0.29, 0.717) is 0 Å². The Bertz CT molecular complexity index is 1510. The maximum Gasteiger partial charge on any atom is 0.138 e. The largest absolute Gasteiger partial charge is 0.369 e. The van der Waals surface area contributed by atoms with Crippen molar-refractivity contribution in [1.29, 1.82) is 0 Å². The molecule has 2 aromatic heterocycles. The summed E-state index contributed by atoms with van der Waals surface area (Å²) in [4.78, 5) is 12.9. The molecule has 4 nitrogen and oxygen atoms in total. The number of hydrogen-bond donors (Lipinski definition) is 1. The van der Waals surface area contributed by atoms with Gasteiger partial charge in [-0.15, -0.1) is 0 Å². The number of pyridine rings is 1. The van der Waals surface area contributed by atoms with Crippen LogP contribution in [0.2, 0.25) is 0 Å². The molecule has 0 atom stereocenters. The van der Waals surface area contributed by atoms with Crippen molar-refractivity contribution in [2.45, 2.75) is 0 Å². The number of H-pyrrole nitrogens is 1. The summed E-state index contributed by atoms with van der Waals surface area (Å²) in [7, 11) is 2.18. The Kier molecular flexibility index (Phi) is 5.55. The lowest BCUT2D eigenvalue weighted by molar-refractivity contribution is 0.313. The van der Waals surface area contributed by atoms with Crippen LogP contribution in [0.4, 0.5) is 10.1 Å². The summed E-state index contributed by atoms with van der Waals surface area (Å²) in [5.74, 6) is -0.228. The van der Waals surface area contributed by atoms with Crippen molar-refractivity contribution < 1.29 is 4.39 Å². The Balaban J connectivity index is 1.35. The van der Waals surface area contributed by atoms with Crippen LogP contribution in [0.1, 0.15) is 11.1 Å². The van der Waals surface area contributed by atoms with Crippen LogP contribution in [0.3, 0.4) is 0 Å². The first-order valence-corrected chi connectivity index (χ1v) is 12.0. The van der Waals surface area contributed by atoms with Crippen molar-refractivity contribution in [3.63, 3.8) is 0 Å². The van der Waals surface area contributed by atoms with Crippen LogP contribution in [0.25, 0.3) is 45.2 Å². The van der Waals surface area contributed by atoms with E-state index >= 15 is 0 Å². The van der Waals surface area contributed by atoms with Gasteiger partial charge in [0.15, 0.2) is 0 Å². The van der Waals surface area contributed by atoms with Crippen LogP contribution >= 0.6 is 0 Å². The predicted molar refractivity (Wildman–Crippen MR) is 144 cm³/mol. The molecule has 5 heteroatoms. The lowest BCUT2D eigenvalue weighted by Crippen LogP contribution is -2.44. The van der Waals surface area contributed by atoms with Crippen LogP contribution in [-0.2, 0) is 0 Å². The van der Waals surface area contributed by atoms with Gasteiger partial charge in [-0.1, -0.05) is 42.5 Å². The second-order valence-electron chi connectivity index (χ2n) is 9.23. The van der Waals surface area contributed by atoms with E-state index in [0.717, 1.165) is 59.2 Å². The van der Waals surface area contributed by atoms with E-state index in [2.05, 4.69) is 75.4 Å². The van der Waals surface area contributed by atoms with Crippen molar-refractivity contribution in [2.75, 3.05) is 38.1 Å². The summed E-state index contributed by atoms with van der Waals surface area (Å²) in [6.45, 7) is 4.34. The number of aromatic nitrogens is 2. The molecule has 1 saturated heterocycles. The molecule has 3 aromatic carbocycles. The molecular weight excluding hydrogens is 435 g/mol. The number of hydrogen-bond acceptors (Lipinski definition) is 3. The van der Waals surface area contributed by atoms with Crippen LogP contribution in [0.15, 0.2) is 79.0 Å². The molecule has 1 fully saturated rings. The standard InChI is InChI=1S/C30H27FN4/c1-34-16-18-35(19-17-34)26-11-6-22(7-12-26)24-8-13-28-27(20-24)29-23(14-15-32-30(29)33-28)5-2-21-3-9-25(31)10-4-21/h2-15,20H,16-19H2,1H3,(H,32,33). The van der Waals surface area contributed by atoms with Crippen molar-refractivity contribution in [1.82, 2.24) is 14.9 Å². The quantitative estimate of drug-likeness (QED) is 0.334. The minimum atomic E-state index is -0.228. The minimum absolute atomic E-state index is 0.228. The van der Waals surface area contributed by atoms with Crippen molar-refractivity contribution in [3.05, 3.63) is 95.9 Å². The van der Waals surface area contributed by atoms with Gasteiger partial charge >= 0.3 is 0 Å². The molecule has 0 aliphatic carbocycles. The van der Waals surface area contributed by atoms with Crippen molar-refractivity contribution >= 4 is 39.8 Å². The number of fused-ring (bicyclic) bond motifs is 3. The molecule has 0 radical (unpaired) electrons. The second kappa shape index (κ2) is 9.01. The third-order valence-electron chi connectivity index (χ3n) is 6.92. The van der Waals surface area contributed by atoms with E-state index in [1.54, 1.807) is 12.1 Å². The maximum atomic E-state index is 13.3. The SMILES string of the molecule is CN1CCN(c2ccc(-c3ccc4[nH]c5nccc(C=Cc6ccc(F)cc6)c5c4c3)cc2)CC1. The highest BCUT2D eigenvalue weighted by molar-refractivity contribution is 6.11. The third kappa shape index (κ3) is 4.31. The Morgan fingerprint density at radius 2 is 1.57 bits per heavy atom. The van der Waals surface area contributed by atoms with E-state index in [-0.39, 0.29) is 5.82 Å². The van der Waals surface area contributed by atoms with Gasteiger partial charge in [-0.2, -0.15) is 0 Å². The number of likely N-dealkylation sites (N-methyl/N-ethyl adjacent to an activating group) is 1. The topological polar surface area (TPSA) is 35.2 Å². The smallest absolute Gasteiger partial charge is 0.138 e. The fourth-order valence-corrected chi connectivity index (χ4v) is 4.85. The van der Waals surface area contributed by atoms with Gasteiger partial charge in [0, 0.05) is 54.4 Å². The summed E-state index contributed by atoms with van der Waals surface area (Å²) in [5.41, 5.74) is 7.63. The normalized spacial score (nSPS) is 15.0. The van der Waals surface area contributed by atoms with Crippen molar-refractivity contribution in [2.24, 2.45) is 0 Å². The highest BCUT2D eigenvalue weighted by Crippen LogP contribution is 2.33. The molecule has 1 N–H and O–H groups in total. The zero-order chi connectivity index (χ0) is 23.8. The lowest BCUT2D eigenvalue weighted by atomic mass is 10.0. The van der Waals surface area contributed by atoms with Gasteiger partial charge in [-0.05, 0) is 71.8 Å². The summed E-state index contributed by atoms with van der Waals surface area (Å²) in [6, 6.07) is 24.0. The number of aromatic amines is 1. The van der Waals surface area contributed by atoms with Crippen LogP contribution in [0, 0.1) is 5.82 Å². The van der Waals surface area contributed by atoms with Gasteiger partial charge in [0.2, 0.25) is 0 Å². The number of rotatable bonds is 4. The van der Waals surface area contributed by atoms with Gasteiger partial charge < -0.3 is 14.8 Å². The van der Waals surface area contributed by atoms with E-state index in [1.807, 2.05) is 18.3 Å². The predicted octanol–water partition coefficient (Wildman–Crippen LogP) is 6.44. The molecule has 0 amide bonds. The Labute approximate surface area is 204 Å². The lowest BCUT2D eigenvalue weighted by Gasteiger charge is -2.34. The number of nitrogens with one attached hydrogen (secondary N) is 1. The van der Waals surface area contributed by atoms with Gasteiger partial charge in [0.1, 0.15) is 11.5 Å². The number of piperazine rings is 1. The average molecular weight is 463 g/mol. The average Bonchev–Trinajstić information content (AvgIpc) is 3.27. The molecule has 1 aliphatic rings. The Hall–Kier alpha value is -3.96. The second-order valence-corrected chi connectivity index (χ2v) is 9.23. The summed E-state index contributed by atoms with van der Waals surface area (Å²) >= 11 is 0. The van der Waals surface area contributed by atoms with Gasteiger partial charge in [-0.3, -0.25) is 0 Å². The van der Waals surface area contributed by atoms with Gasteiger partial charge in [0.25, 0.3) is 0 Å². The zero-order valence-corrected chi connectivity index (χ0v) is 19.7. The summed E-state index contributed by atoms with van der Waals surface area (Å²) in [6.07, 6.45) is 5.90. The molecule has 174 valence electrons. The fraction of sp³-hybridized carbons (Fsp3) is 0.167. The van der Waals surface area contributed by atoms with E-state index in [4.69, 9.17) is 0 Å². The highest BCUT2D eigenvalue weighted by Gasteiger charge is 2.15. The fourth-order valence-electron chi connectivity index (χ4n) is 4.85. The van der Waals surface area contributed by atoms with E-state index in [9.17, 15) is 4.39 Å². The molecule has 6 rings (SSSR count). The first-order chi connectivity index (χ1) is 17.1. The maximum absolute atomic E-state index is 13.3. The third-order valence-corrected chi connectivity index (χ3v) is 6.92. The summed E-state index contributed by atoms with van der Waals surface area (Å²) < 4.78 is 13.3. The molecule has 3 heterocycles. The first-order valence-electron chi connectivity index (χ1n) is 12.0. The monoisotopic (exact) mass is 462 g/mol. The highest BCUT2D eigenvalue weighted by atomic mass is 19.1. The van der Waals surface area contributed by atoms with Crippen molar-refractivity contribution in [3.8, 4) is 11.1 Å². The Morgan fingerprint density at radius 3 is 2.34 bits per heavy atom. The molecular formula is C30H27FN4. The zero-order valence-electron chi connectivity index (χ0n) is 19.7. The van der Waals surface area contributed by atoms with E-state index in [1.165, 1.54) is 28.9 Å². The molecule has 35 heavy (non-hydrogen) atoms. The van der Waals surface area contributed by atoms with Crippen LogP contribution < -0.4 is 4.90 Å². The molecule has 0 unspecified atom stereocenters. The number of halogens is 1. The minimum Gasteiger partial charge on any atom is -0.369 e. The molecule has 0 bridgehead atoms. The number of anilines is 1. The molecule has 0 spiro atoms.